The Morgan fingerprint density at radius 3 is 2.48 bits per heavy atom. The van der Waals surface area contributed by atoms with E-state index in [1.807, 2.05) is 44.2 Å². The number of carbonyl (C=O) groups is 2. The average molecular weight is 536 g/mol. The predicted octanol–water partition coefficient (Wildman–Crippen LogP) is 6.05. The van der Waals surface area contributed by atoms with Gasteiger partial charge < -0.3 is 15.0 Å². The highest BCUT2D eigenvalue weighted by Gasteiger charge is 2.30. The third-order valence-corrected chi connectivity index (χ3v) is 7.24. The third kappa shape index (κ3) is 7.47. The number of hydrogen-bond acceptors (Lipinski definition) is 3. The maximum Gasteiger partial charge on any atom is 0.261 e. The van der Waals surface area contributed by atoms with Crippen molar-refractivity contribution in [1.82, 2.24) is 10.2 Å². The molecule has 1 aliphatic rings. The molecule has 1 aliphatic carbocycles. The first-order chi connectivity index (χ1) is 15.9. The third-order valence-electron chi connectivity index (χ3n) is 6.10. The molecule has 33 heavy (non-hydrogen) atoms. The molecular weight excluding hydrogens is 504 g/mol. The number of benzene rings is 2. The number of ether oxygens (including phenoxy) is 1. The van der Waals surface area contributed by atoms with Gasteiger partial charge in [-0.15, -0.1) is 0 Å². The summed E-state index contributed by atoms with van der Waals surface area (Å²) >= 11 is 9.51. The molecular formula is C26H32BrClN2O3. The first-order valence-electron chi connectivity index (χ1n) is 11.6. The molecule has 7 heteroatoms. The number of halogens is 2. The summed E-state index contributed by atoms with van der Waals surface area (Å²) in [5, 5.41) is 3.82. The fraction of sp³-hybridized carbons (Fsp3) is 0.462. The van der Waals surface area contributed by atoms with E-state index in [9.17, 15) is 9.59 Å². The monoisotopic (exact) mass is 534 g/mol. The molecule has 1 saturated carbocycles. The van der Waals surface area contributed by atoms with Crippen molar-refractivity contribution < 1.29 is 14.3 Å². The molecule has 0 unspecified atom stereocenters. The predicted molar refractivity (Wildman–Crippen MR) is 135 cm³/mol. The topological polar surface area (TPSA) is 58.6 Å². The maximum absolute atomic E-state index is 13.3. The summed E-state index contributed by atoms with van der Waals surface area (Å²) in [4.78, 5) is 28.2. The van der Waals surface area contributed by atoms with Gasteiger partial charge in [-0.05, 0) is 67.6 Å². The number of nitrogens with zero attached hydrogens (tertiary/aromatic N) is 1. The SMILES string of the molecule is CC[C@@H](C(=O)NC1CCCCC1)N(Cc1ccc(Cl)cc1)C(=O)COc1ccc(Br)c(C)c1. The Bertz CT molecular complexity index is 945. The van der Waals surface area contributed by atoms with E-state index in [-0.39, 0.29) is 24.5 Å². The van der Waals surface area contributed by atoms with Gasteiger partial charge in [-0.1, -0.05) is 65.8 Å². The summed E-state index contributed by atoms with van der Waals surface area (Å²) in [5.74, 6) is 0.303. The van der Waals surface area contributed by atoms with E-state index in [0.717, 1.165) is 41.3 Å². The molecule has 3 rings (SSSR count). The number of rotatable bonds is 9. The number of carbonyl (C=O) groups excluding carboxylic acids is 2. The van der Waals surface area contributed by atoms with Crippen molar-refractivity contribution in [2.45, 2.75) is 71.0 Å². The molecule has 1 fully saturated rings. The van der Waals surface area contributed by atoms with Crippen LogP contribution in [0.5, 0.6) is 5.75 Å². The second-order valence-corrected chi connectivity index (χ2v) is 9.91. The van der Waals surface area contributed by atoms with Crippen molar-refractivity contribution in [3.05, 3.63) is 63.1 Å². The van der Waals surface area contributed by atoms with Crippen LogP contribution in [0, 0.1) is 6.92 Å². The Morgan fingerprint density at radius 2 is 1.85 bits per heavy atom. The number of hydrogen-bond donors (Lipinski definition) is 1. The van der Waals surface area contributed by atoms with E-state index in [4.69, 9.17) is 16.3 Å². The summed E-state index contributed by atoms with van der Waals surface area (Å²) in [5.41, 5.74) is 1.94. The van der Waals surface area contributed by atoms with Gasteiger partial charge in [-0.25, -0.2) is 0 Å². The highest BCUT2D eigenvalue weighted by molar-refractivity contribution is 9.10. The van der Waals surface area contributed by atoms with Crippen LogP contribution in [0.3, 0.4) is 0 Å². The quantitative estimate of drug-likeness (QED) is 0.425. The molecule has 2 aromatic rings. The first-order valence-corrected chi connectivity index (χ1v) is 12.8. The van der Waals surface area contributed by atoms with Crippen LogP contribution in [0.1, 0.15) is 56.6 Å². The number of amides is 2. The summed E-state index contributed by atoms with van der Waals surface area (Å²) in [6.07, 6.45) is 6.01. The zero-order valence-electron chi connectivity index (χ0n) is 19.3. The molecule has 0 spiro atoms. The van der Waals surface area contributed by atoms with Crippen molar-refractivity contribution >= 4 is 39.3 Å². The lowest BCUT2D eigenvalue weighted by Gasteiger charge is -2.32. The van der Waals surface area contributed by atoms with Gasteiger partial charge in [0.05, 0.1) is 0 Å². The summed E-state index contributed by atoms with van der Waals surface area (Å²) < 4.78 is 6.78. The molecule has 2 amide bonds. The molecule has 178 valence electrons. The highest BCUT2D eigenvalue weighted by atomic mass is 79.9. The molecule has 0 radical (unpaired) electrons. The lowest BCUT2D eigenvalue weighted by Crippen LogP contribution is -2.52. The van der Waals surface area contributed by atoms with Crippen molar-refractivity contribution in [3.8, 4) is 5.75 Å². The fourth-order valence-electron chi connectivity index (χ4n) is 4.19. The molecule has 2 aromatic carbocycles. The average Bonchev–Trinajstić information content (AvgIpc) is 2.81. The second kappa shape index (κ2) is 12.4. The van der Waals surface area contributed by atoms with Crippen LogP contribution < -0.4 is 10.1 Å². The van der Waals surface area contributed by atoms with Crippen LogP contribution in [0.25, 0.3) is 0 Å². The Hall–Kier alpha value is -2.05. The number of nitrogens with one attached hydrogen (secondary N) is 1. The van der Waals surface area contributed by atoms with Gasteiger partial charge in [0.15, 0.2) is 6.61 Å². The normalized spacial score (nSPS) is 15.0. The van der Waals surface area contributed by atoms with Crippen molar-refractivity contribution in [1.29, 1.82) is 0 Å². The standard InChI is InChI=1S/C26H32BrClN2O3/c1-3-24(26(32)29-21-7-5-4-6-8-21)30(16-19-9-11-20(28)12-10-19)25(31)17-33-22-13-14-23(27)18(2)15-22/h9-15,21,24H,3-8,16-17H2,1-2H3,(H,29,32)/t24-/m0/s1. The van der Waals surface area contributed by atoms with Gasteiger partial charge in [0.1, 0.15) is 11.8 Å². The maximum atomic E-state index is 13.3. The Labute approximate surface area is 210 Å². The van der Waals surface area contributed by atoms with Crippen LogP contribution in [-0.2, 0) is 16.1 Å². The van der Waals surface area contributed by atoms with Crippen LogP contribution in [0.2, 0.25) is 5.02 Å². The van der Waals surface area contributed by atoms with Crippen molar-refractivity contribution in [2.75, 3.05) is 6.61 Å². The van der Waals surface area contributed by atoms with E-state index < -0.39 is 6.04 Å². The van der Waals surface area contributed by atoms with Gasteiger partial charge in [0.25, 0.3) is 5.91 Å². The molecule has 1 N–H and O–H groups in total. The minimum atomic E-state index is -0.564. The highest BCUT2D eigenvalue weighted by Crippen LogP contribution is 2.23. The van der Waals surface area contributed by atoms with Gasteiger partial charge in [-0.2, -0.15) is 0 Å². The van der Waals surface area contributed by atoms with E-state index in [1.165, 1.54) is 6.42 Å². The number of aryl methyl sites for hydroxylation is 1. The van der Waals surface area contributed by atoms with E-state index in [0.29, 0.717) is 23.7 Å². The Balaban J connectivity index is 1.75. The Morgan fingerprint density at radius 1 is 1.15 bits per heavy atom. The van der Waals surface area contributed by atoms with Crippen molar-refractivity contribution in [2.24, 2.45) is 0 Å². The van der Waals surface area contributed by atoms with Gasteiger partial charge in [-0.3, -0.25) is 9.59 Å². The fourth-order valence-corrected chi connectivity index (χ4v) is 4.56. The first kappa shape index (κ1) is 25.6. The minimum Gasteiger partial charge on any atom is -0.484 e. The summed E-state index contributed by atoms with van der Waals surface area (Å²) in [7, 11) is 0. The Kier molecular flexibility index (Phi) is 9.63. The minimum absolute atomic E-state index is 0.0915. The molecule has 0 bridgehead atoms. The van der Waals surface area contributed by atoms with Crippen LogP contribution in [0.4, 0.5) is 0 Å². The van der Waals surface area contributed by atoms with Crippen LogP contribution >= 0.6 is 27.5 Å². The van der Waals surface area contributed by atoms with Crippen LogP contribution in [0.15, 0.2) is 46.9 Å². The lowest BCUT2D eigenvalue weighted by atomic mass is 9.95. The smallest absolute Gasteiger partial charge is 0.261 e. The van der Waals surface area contributed by atoms with Crippen LogP contribution in [-0.4, -0.2) is 35.4 Å². The molecule has 0 aromatic heterocycles. The largest absolute Gasteiger partial charge is 0.484 e. The summed E-state index contributed by atoms with van der Waals surface area (Å²) in [6, 6.07) is 12.6. The molecule has 0 aliphatic heterocycles. The lowest BCUT2D eigenvalue weighted by molar-refractivity contribution is -0.143. The van der Waals surface area contributed by atoms with Gasteiger partial charge in [0.2, 0.25) is 5.91 Å². The molecule has 5 nitrogen and oxygen atoms in total. The zero-order chi connectivity index (χ0) is 23.8. The van der Waals surface area contributed by atoms with E-state index in [2.05, 4.69) is 21.2 Å². The molecule has 0 heterocycles. The van der Waals surface area contributed by atoms with Gasteiger partial charge >= 0.3 is 0 Å². The molecule has 1 atom stereocenters. The van der Waals surface area contributed by atoms with E-state index in [1.54, 1.807) is 17.0 Å². The van der Waals surface area contributed by atoms with Crippen molar-refractivity contribution in [3.63, 3.8) is 0 Å². The van der Waals surface area contributed by atoms with Gasteiger partial charge in [0, 0.05) is 22.1 Å². The second-order valence-electron chi connectivity index (χ2n) is 8.62. The zero-order valence-corrected chi connectivity index (χ0v) is 21.6. The molecule has 0 saturated heterocycles. The summed E-state index contributed by atoms with van der Waals surface area (Å²) in [6.45, 7) is 4.08. The van der Waals surface area contributed by atoms with E-state index >= 15 is 0 Å².